The van der Waals surface area contributed by atoms with E-state index >= 15 is 0 Å². The van der Waals surface area contributed by atoms with Crippen LogP contribution < -0.4 is 5.32 Å². The van der Waals surface area contributed by atoms with E-state index in [0.717, 1.165) is 18.6 Å². The second-order valence-corrected chi connectivity index (χ2v) is 5.99. The lowest BCUT2D eigenvalue weighted by atomic mass is 10.1. The summed E-state index contributed by atoms with van der Waals surface area (Å²) in [5, 5.41) is 13.8. The Balaban J connectivity index is 1.69. The number of benzene rings is 1. The van der Waals surface area contributed by atoms with Crippen LogP contribution in [-0.4, -0.2) is 28.3 Å². The molecular weight excluding hydrogens is 310 g/mol. The second kappa shape index (κ2) is 6.84. The molecule has 1 heterocycles. The monoisotopic (exact) mass is 329 g/mol. The molecule has 7 heteroatoms. The fraction of sp³-hybridized carbons (Fsp3) is 0.353. The number of para-hydroxylation sites is 1. The Morgan fingerprint density at radius 1 is 1.38 bits per heavy atom. The third-order valence-corrected chi connectivity index (χ3v) is 4.06. The molecule has 1 aliphatic carbocycles. The van der Waals surface area contributed by atoms with E-state index in [4.69, 9.17) is 4.42 Å². The molecule has 0 unspecified atom stereocenters. The van der Waals surface area contributed by atoms with Crippen LogP contribution in [0.3, 0.4) is 0 Å². The van der Waals surface area contributed by atoms with Crippen molar-refractivity contribution < 1.29 is 14.1 Å². The zero-order valence-electron chi connectivity index (χ0n) is 13.4. The largest absolute Gasteiger partial charge is 0.468 e. The third-order valence-electron chi connectivity index (χ3n) is 4.06. The number of nitro benzene ring substituents is 1. The fourth-order valence-corrected chi connectivity index (χ4v) is 2.69. The molecule has 1 aliphatic rings. The van der Waals surface area contributed by atoms with Gasteiger partial charge in [0, 0.05) is 12.1 Å². The van der Waals surface area contributed by atoms with Crippen molar-refractivity contribution in [1.29, 1.82) is 0 Å². The molecule has 126 valence electrons. The molecule has 0 aliphatic heterocycles. The first-order chi connectivity index (χ1) is 11.5. The van der Waals surface area contributed by atoms with Gasteiger partial charge < -0.3 is 9.73 Å². The minimum absolute atomic E-state index is 0.0904. The first-order valence-electron chi connectivity index (χ1n) is 7.85. The average molecular weight is 329 g/mol. The van der Waals surface area contributed by atoms with Crippen LogP contribution in [0.25, 0.3) is 0 Å². The lowest BCUT2D eigenvalue weighted by molar-refractivity contribution is -0.384. The van der Waals surface area contributed by atoms with E-state index in [1.54, 1.807) is 25.3 Å². The van der Waals surface area contributed by atoms with Gasteiger partial charge in [-0.05, 0) is 37.5 Å². The number of carbonyl (C=O) groups is 1. The van der Waals surface area contributed by atoms with Crippen molar-refractivity contribution >= 4 is 17.3 Å². The summed E-state index contributed by atoms with van der Waals surface area (Å²) in [5.74, 6) is 0.544. The van der Waals surface area contributed by atoms with Crippen molar-refractivity contribution in [1.82, 2.24) is 4.90 Å². The summed E-state index contributed by atoms with van der Waals surface area (Å²) in [6.45, 7) is 2.47. The van der Waals surface area contributed by atoms with Gasteiger partial charge in [-0.15, -0.1) is 0 Å². The van der Waals surface area contributed by atoms with E-state index in [9.17, 15) is 14.9 Å². The van der Waals surface area contributed by atoms with Gasteiger partial charge in [-0.25, -0.2) is 0 Å². The molecule has 1 aromatic carbocycles. The minimum Gasteiger partial charge on any atom is -0.468 e. The number of anilines is 1. The van der Waals surface area contributed by atoms with Gasteiger partial charge in [0.25, 0.3) is 5.69 Å². The Morgan fingerprint density at radius 3 is 2.79 bits per heavy atom. The van der Waals surface area contributed by atoms with Crippen LogP contribution in [0.2, 0.25) is 0 Å². The first kappa shape index (κ1) is 16.2. The molecule has 0 spiro atoms. The van der Waals surface area contributed by atoms with Crippen LogP contribution in [0.1, 0.15) is 24.2 Å². The summed E-state index contributed by atoms with van der Waals surface area (Å²) in [4.78, 5) is 25.1. The zero-order valence-corrected chi connectivity index (χ0v) is 13.4. The molecule has 1 amide bonds. The number of aryl methyl sites for hydroxylation is 1. The molecule has 1 saturated carbocycles. The van der Waals surface area contributed by atoms with E-state index < -0.39 is 4.92 Å². The van der Waals surface area contributed by atoms with E-state index in [1.807, 2.05) is 17.0 Å². The summed E-state index contributed by atoms with van der Waals surface area (Å²) in [7, 11) is 0. The standard InChI is InChI=1S/C17H19N3O4/c1-12-4-2-6-15(20(22)23)17(12)18-16(21)11-19(13-7-8-13)10-14-5-3-9-24-14/h2-6,9,13H,7-8,10-11H2,1H3,(H,18,21). The molecule has 7 nitrogen and oxygen atoms in total. The number of amides is 1. The number of rotatable bonds is 7. The van der Waals surface area contributed by atoms with Crippen molar-refractivity contribution in [3.8, 4) is 0 Å². The Kier molecular flexibility index (Phi) is 4.61. The zero-order chi connectivity index (χ0) is 17.1. The van der Waals surface area contributed by atoms with Crippen molar-refractivity contribution in [2.45, 2.75) is 32.4 Å². The SMILES string of the molecule is Cc1cccc([N+](=O)[O-])c1NC(=O)CN(Cc1ccco1)C1CC1. The molecule has 1 N–H and O–H groups in total. The predicted octanol–water partition coefficient (Wildman–Crippen LogP) is 3.10. The smallest absolute Gasteiger partial charge is 0.293 e. The molecule has 0 bridgehead atoms. The van der Waals surface area contributed by atoms with E-state index in [0.29, 0.717) is 18.2 Å². The third kappa shape index (κ3) is 3.80. The van der Waals surface area contributed by atoms with Gasteiger partial charge in [0.15, 0.2) is 0 Å². The predicted molar refractivity (Wildman–Crippen MR) is 88.6 cm³/mol. The number of nitrogens with zero attached hydrogens (tertiary/aromatic N) is 2. The van der Waals surface area contributed by atoms with Crippen LogP contribution in [0.4, 0.5) is 11.4 Å². The molecule has 3 rings (SSSR count). The Labute approximate surface area is 139 Å². The number of furan rings is 1. The molecule has 1 fully saturated rings. The summed E-state index contributed by atoms with van der Waals surface area (Å²) in [6.07, 6.45) is 3.72. The average Bonchev–Trinajstić information content (AvgIpc) is 3.26. The highest BCUT2D eigenvalue weighted by Gasteiger charge is 2.31. The maximum atomic E-state index is 12.4. The quantitative estimate of drug-likeness (QED) is 0.623. The van der Waals surface area contributed by atoms with Crippen LogP contribution in [-0.2, 0) is 11.3 Å². The van der Waals surface area contributed by atoms with Gasteiger partial charge in [0.1, 0.15) is 11.4 Å². The minimum atomic E-state index is -0.482. The lowest BCUT2D eigenvalue weighted by Crippen LogP contribution is -2.34. The molecule has 1 aromatic heterocycles. The number of nitro groups is 1. The van der Waals surface area contributed by atoms with Gasteiger partial charge in [-0.3, -0.25) is 19.8 Å². The van der Waals surface area contributed by atoms with Crippen LogP contribution >= 0.6 is 0 Å². The van der Waals surface area contributed by atoms with E-state index in [1.165, 1.54) is 6.07 Å². The van der Waals surface area contributed by atoms with Gasteiger partial charge in [0.2, 0.25) is 5.91 Å². The normalized spacial score (nSPS) is 13.9. The van der Waals surface area contributed by atoms with Crippen molar-refractivity contribution in [2.24, 2.45) is 0 Å². The van der Waals surface area contributed by atoms with Crippen LogP contribution in [0.5, 0.6) is 0 Å². The number of carbonyl (C=O) groups excluding carboxylic acids is 1. The highest BCUT2D eigenvalue weighted by molar-refractivity contribution is 5.95. The maximum Gasteiger partial charge on any atom is 0.293 e. The lowest BCUT2D eigenvalue weighted by Gasteiger charge is -2.20. The number of nitrogens with one attached hydrogen (secondary N) is 1. The van der Waals surface area contributed by atoms with Gasteiger partial charge >= 0.3 is 0 Å². The van der Waals surface area contributed by atoms with E-state index in [2.05, 4.69) is 5.32 Å². The first-order valence-corrected chi connectivity index (χ1v) is 7.85. The summed E-state index contributed by atoms with van der Waals surface area (Å²) in [5.41, 5.74) is 0.843. The van der Waals surface area contributed by atoms with Crippen LogP contribution in [0.15, 0.2) is 41.0 Å². The van der Waals surface area contributed by atoms with Crippen molar-refractivity contribution in [3.05, 3.63) is 58.0 Å². The van der Waals surface area contributed by atoms with E-state index in [-0.39, 0.29) is 23.8 Å². The van der Waals surface area contributed by atoms with Gasteiger partial charge in [-0.1, -0.05) is 12.1 Å². The molecule has 0 radical (unpaired) electrons. The second-order valence-electron chi connectivity index (χ2n) is 5.99. The maximum absolute atomic E-state index is 12.4. The summed E-state index contributed by atoms with van der Waals surface area (Å²) in [6, 6.07) is 8.80. The van der Waals surface area contributed by atoms with Gasteiger partial charge in [0.05, 0.1) is 24.3 Å². The summed E-state index contributed by atoms with van der Waals surface area (Å²) < 4.78 is 5.35. The highest BCUT2D eigenvalue weighted by Crippen LogP contribution is 2.30. The van der Waals surface area contributed by atoms with Gasteiger partial charge in [-0.2, -0.15) is 0 Å². The fourth-order valence-electron chi connectivity index (χ4n) is 2.69. The topological polar surface area (TPSA) is 88.6 Å². The Hall–Kier alpha value is -2.67. The molecule has 0 atom stereocenters. The number of hydrogen-bond acceptors (Lipinski definition) is 5. The van der Waals surface area contributed by atoms with Crippen molar-refractivity contribution in [2.75, 3.05) is 11.9 Å². The highest BCUT2D eigenvalue weighted by atomic mass is 16.6. The van der Waals surface area contributed by atoms with Crippen LogP contribution in [0, 0.1) is 17.0 Å². The molecular formula is C17H19N3O4. The summed E-state index contributed by atoms with van der Waals surface area (Å²) >= 11 is 0. The molecule has 2 aromatic rings. The number of hydrogen-bond donors (Lipinski definition) is 1. The van der Waals surface area contributed by atoms with Crippen molar-refractivity contribution in [3.63, 3.8) is 0 Å². The molecule has 0 saturated heterocycles. The molecule has 24 heavy (non-hydrogen) atoms. The Morgan fingerprint density at radius 2 is 2.17 bits per heavy atom. The Bertz CT molecular complexity index is 738.